The molecule has 0 aromatic rings. The topological polar surface area (TPSA) is 38.8 Å². The molecule has 0 amide bonds. The maximum atomic E-state index is 11.8. The molecule has 146 valence electrons. The van der Waals surface area contributed by atoms with Crippen LogP contribution in [0.15, 0.2) is 23.3 Å². The molecule has 0 aromatic carbocycles. The fourth-order valence-corrected chi connectivity index (χ4v) is 2.95. The van der Waals surface area contributed by atoms with Crippen molar-refractivity contribution in [1.29, 1.82) is 0 Å². The second-order valence-electron chi connectivity index (χ2n) is 8.43. The van der Waals surface area contributed by atoms with Crippen molar-refractivity contribution in [2.45, 2.75) is 72.1 Å². The number of rotatable bonds is 9. The highest BCUT2D eigenvalue weighted by Gasteiger charge is 2.36. The van der Waals surface area contributed by atoms with Crippen LogP contribution in [-0.2, 0) is 14.0 Å². The summed E-state index contributed by atoms with van der Waals surface area (Å²) >= 11 is 0. The normalized spacial score (nSPS) is 15.5. The Morgan fingerprint density at radius 1 is 1.20 bits per heavy atom. The smallest absolute Gasteiger partial charge is 0.333 e. The molecule has 0 saturated carbocycles. The SMILES string of the molecule is CCOC(=O)/C(C)=C/C(C/C(C)=C\CO[Si](C)(C)C(C)(C)C)N(C)C. The third-order valence-electron chi connectivity index (χ3n) is 4.92. The first-order valence-electron chi connectivity index (χ1n) is 9.13. The molecule has 0 aromatic heterocycles. The Morgan fingerprint density at radius 3 is 2.20 bits per heavy atom. The van der Waals surface area contributed by atoms with E-state index in [1.807, 2.05) is 34.0 Å². The molecule has 0 aliphatic rings. The molecule has 0 N–H and O–H groups in total. The molecule has 0 saturated heterocycles. The molecule has 0 heterocycles. The van der Waals surface area contributed by atoms with E-state index in [9.17, 15) is 4.79 Å². The summed E-state index contributed by atoms with van der Waals surface area (Å²) in [5.74, 6) is -0.239. The molecule has 0 fully saturated rings. The van der Waals surface area contributed by atoms with Crippen LogP contribution in [0.2, 0.25) is 18.1 Å². The van der Waals surface area contributed by atoms with Gasteiger partial charge in [0.25, 0.3) is 0 Å². The lowest BCUT2D eigenvalue weighted by Crippen LogP contribution is -2.40. The molecular weight excluding hydrogens is 330 g/mol. The van der Waals surface area contributed by atoms with Crippen molar-refractivity contribution in [3.63, 3.8) is 0 Å². The van der Waals surface area contributed by atoms with E-state index in [1.165, 1.54) is 5.57 Å². The zero-order valence-corrected chi connectivity index (χ0v) is 19.0. The number of nitrogens with zero attached hydrogens (tertiary/aromatic N) is 1. The second kappa shape index (κ2) is 10.3. The van der Waals surface area contributed by atoms with Gasteiger partial charge in [-0.2, -0.15) is 0 Å². The van der Waals surface area contributed by atoms with Crippen LogP contribution in [0, 0.1) is 0 Å². The third kappa shape index (κ3) is 8.84. The minimum absolute atomic E-state index is 0.161. The summed E-state index contributed by atoms with van der Waals surface area (Å²) in [6.07, 6.45) is 5.03. The highest BCUT2D eigenvalue weighted by atomic mass is 28.4. The third-order valence-corrected chi connectivity index (χ3v) is 9.42. The van der Waals surface area contributed by atoms with E-state index in [2.05, 4.69) is 51.8 Å². The van der Waals surface area contributed by atoms with Crippen LogP contribution in [0.5, 0.6) is 0 Å². The number of carbonyl (C=O) groups is 1. The Morgan fingerprint density at radius 2 is 1.76 bits per heavy atom. The van der Waals surface area contributed by atoms with E-state index in [0.717, 1.165) is 6.42 Å². The number of esters is 1. The Labute approximate surface area is 156 Å². The first-order chi connectivity index (χ1) is 11.3. The minimum Gasteiger partial charge on any atom is -0.463 e. The van der Waals surface area contributed by atoms with Crippen molar-refractivity contribution < 1.29 is 14.0 Å². The maximum absolute atomic E-state index is 11.8. The molecule has 4 nitrogen and oxygen atoms in total. The lowest BCUT2D eigenvalue weighted by molar-refractivity contribution is -0.138. The zero-order valence-electron chi connectivity index (χ0n) is 18.0. The Bertz CT molecular complexity index is 488. The maximum Gasteiger partial charge on any atom is 0.333 e. The van der Waals surface area contributed by atoms with Gasteiger partial charge in [-0.05, 0) is 59.4 Å². The number of ether oxygens (including phenoxy) is 1. The molecule has 0 spiro atoms. The summed E-state index contributed by atoms with van der Waals surface area (Å²) in [7, 11) is 2.34. The quantitative estimate of drug-likeness (QED) is 0.254. The van der Waals surface area contributed by atoms with Crippen LogP contribution >= 0.6 is 0 Å². The number of likely N-dealkylation sites (N-methyl/N-ethyl adjacent to an activating group) is 1. The molecule has 1 unspecified atom stereocenters. The summed E-state index contributed by atoms with van der Waals surface area (Å²) in [5.41, 5.74) is 1.93. The standard InChI is InChI=1S/C20H39NO3Si/c1-11-23-19(22)17(3)15-18(21(7)8)14-16(2)12-13-24-25(9,10)20(4,5)6/h12,15,18H,11,13-14H2,1-10H3/b16-12-,17-15+. The van der Waals surface area contributed by atoms with E-state index in [-0.39, 0.29) is 17.0 Å². The zero-order chi connectivity index (χ0) is 19.8. The van der Waals surface area contributed by atoms with E-state index < -0.39 is 8.32 Å². The predicted octanol–water partition coefficient (Wildman–Crippen LogP) is 4.78. The molecule has 5 heteroatoms. The van der Waals surface area contributed by atoms with Gasteiger partial charge in [0, 0.05) is 11.6 Å². The highest BCUT2D eigenvalue weighted by Crippen LogP contribution is 2.36. The van der Waals surface area contributed by atoms with Gasteiger partial charge in [-0.1, -0.05) is 38.5 Å². The summed E-state index contributed by atoms with van der Waals surface area (Å²) in [6.45, 7) is 18.1. The van der Waals surface area contributed by atoms with Gasteiger partial charge < -0.3 is 14.1 Å². The average molecular weight is 370 g/mol. The molecular formula is C20H39NO3Si. The molecule has 0 bridgehead atoms. The van der Waals surface area contributed by atoms with E-state index >= 15 is 0 Å². The van der Waals surface area contributed by atoms with Crippen LogP contribution in [0.3, 0.4) is 0 Å². The van der Waals surface area contributed by atoms with E-state index in [4.69, 9.17) is 9.16 Å². The summed E-state index contributed by atoms with van der Waals surface area (Å²) in [5, 5.41) is 0.223. The summed E-state index contributed by atoms with van der Waals surface area (Å²) in [6, 6.07) is 0.161. The number of carbonyl (C=O) groups excluding carboxylic acids is 1. The van der Waals surface area contributed by atoms with Gasteiger partial charge in [0.1, 0.15) is 0 Å². The predicted molar refractivity (Wildman–Crippen MR) is 109 cm³/mol. The first kappa shape index (κ1) is 24.1. The fraction of sp³-hybridized carbons (Fsp3) is 0.750. The van der Waals surface area contributed by atoms with Crippen molar-refractivity contribution in [2.24, 2.45) is 0 Å². The van der Waals surface area contributed by atoms with Crippen LogP contribution in [0.25, 0.3) is 0 Å². The van der Waals surface area contributed by atoms with Crippen molar-refractivity contribution in [3.05, 3.63) is 23.3 Å². The van der Waals surface area contributed by atoms with Gasteiger partial charge in [0.2, 0.25) is 0 Å². The monoisotopic (exact) mass is 369 g/mol. The van der Waals surface area contributed by atoms with Gasteiger partial charge in [0.05, 0.1) is 13.2 Å². The Balaban J connectivity index is 4.88. The number of hydrogen-bond acceptors (Lipinski definition) is 4. The van der Waals surface area contributed by atoms with Gasteiger partial charge in [-0.3, -0.25) is 0 Å². The largest absolute Gasteiger partial charge is 0.463 e. The molecule has 1 atom stereocenters. The van der Waals surface area contributed by atoms with Gasteiger partial charge in [-0.15, -0.1) is 0 Å². The first-order valence-corrected chi connectivity index (χ1v) is 12.0. The van der Waals surface area contributed by atoms with E-state index in [1.54, 1.807) is 0 Å². The van der Waals surface area contributed by atoms with Crippen molar-refractivity contribution in [1.82, 2.24) is 4.90 Å². The van der Waals surface area contributed by atoms with Gasteiger partial charge >= 0.3 is 5.97 Å². The average Bonchev–Trinajstić information content (AvgIpc) is 2.45. The van der Waals surface area contributed by atoms with Crippen LogP contribution < -0.4 is 0 Å². The lowest BCUT2D eigenvalue weighted by Gasteiger charge is -2.35. The summed E-state index contributed by atoms with van der Waals surface area (Å²) < 4.78 is 11.3. The Kier molecular flexibility index (Phi) is 9.91. The number of hydrogen-bond donors (Lipinski definition) is 0. The molecule has 0 radical (unpaired) electrons. The van der Waals surface area contributed by atoms with Crippen LogP contribution in [0.1, 0.15) is 48.0 Å². The Hall–Kier alpha value is -0.913. The second-order valence-corrected chi connectivity index (χ2v) is 13.2. The molecule has 0 rings (SSSR count). The minimum atomic E-state index is -1.71. The van der Waals surface area contributed by atoms with Crippen molar-refractivity contribution in [3.8, 4) is 0 Å². The van der Waals surface area contributed by atoms with Crippen molar-refractivity contribution >= 4 is 14.3 Å². The molecule has 0 aliphatic heterocycles. The van der Waals surface area contributed by atoms with Crippen LogP contribution in [0.4, 0.5) is 0 Å². The highest BCUT2D eigenvalue weighted by molar-refractivity contribution is 6.74. The van der Waals surface area contributed by atoms with Gasteiger partial charge in [-0.25, -0.2) is 4.79 Å². The summed E-state index contributed by atoms with van der Waals surface area (Å²) in [4.78, 5) is 13.9. The van der Waals surface area contributed by atoms with Crippen LogP contribution in [-0.4, -0.2) is 52.5 Å². The molecule has 25 heavy (non-hydrogen) atoms. The van der Waals surface area contributed by atoms with Crippen molar-refractivity contribution in [2.75, 3.05) is 27.3 Å². The molecule has 0 aliphatic carbocycles. The van der Waals surface area contributed by atoms with Gasteiger partial charge in [0.15, 0.2) is 8.32 Å². The van der Waals surface area contributed by atoms with E-state index in [0.29, 0.717) is 18.8 Å². The fourth-order valence-electron chi connectivity index (χ4n) is 2.01. The lowest BCUT2D eigenvalue weighted by atomic mass is 10.0.